The third kappa shape index (κ3) is 1.79. The second kappa shape index (κ2) is 4.03. The van der Waals surface area contributed by atoms with Gasteiger partial charge in [-0.1, -0.05) is 0 Å². The summed E-state index contributed by atoms with van der Waals surface area (Å²) in [6.07, 6.45) is 7.34. The van der Waals surface area contributed by atoms with E-state index in [1.807, 2.05) is 6.20 Å². The van der Waals surface area contributed by atoms with Gasteiger partial charge in [-0.15, -0.1) is 0 Å². The van der Waals surface area contributed by atoms with Crippen molar-refractivity contribution in [3.63, 3.8) is 0 Å². The van der Waals surface area contributed by atoms with Gasteiger partial charge in [0.05, 0.1) is 0 Å². The molecule has 1 saturated heterocycles. The molecule has 2 aromatic heterocycles. The van der Waals surface area contributed by atoms with E-state index in [4.69, 9.17) is 0 Å². The molecule has 19 heavy (non-hydrogen) atoms. The average molecular weight is 257 g/mol. The lowest BCUT2D eigenvalue weighted by Crippen LogP contribution is -2.44. The molecule has 0 radical (unpaired) electrons. The average Bonchev–Trinajstić information content (AvgIpc) is 3.13. The number of fused-ring (bicyclic) bond motifs is 3. The highest BCUT2D eigenvalue weighted by Gasteiger charge is 2.40. The molecule has 0 aromatic carbocycles. The summed E-state index contributed by atoms with van der Waals surface area (Å²) in [5, 5.41) is 6.54. The first kappa shape index (κ1) is 10.9. The van der Waals surface area contributed by atoms with Crippen molar-refractivity contribution in [3.8, 4) is 0 Å². The minimum atomic E-state index is -0.0944. The van der Waals surface area contributed by atoms with Crippen molar-refractivity contribution >= 4 is 11.6 Å². The zero-order valence-electron chi connectivity index (χ0n) is 10.4. The smallest absolute Gasteiger partial charge is 0.270 e. The molecule has 2 bridgehead atoms. The molecule has 3 heterocycles. The SMILES string of the molecule is O=C(N[C@H]1C[C@H]2C[C@@H]1CN2)c1cc2nccn2cn1. The van der Waals surface area contributed by atoms with Gasteiger partial charge in [0.25, 0.3) is 5.91 Å². The molecule has 98 valence electrons. The lowest BCUT2D eigenvalue weighted by molar-refractivity contribution is 0.0920. The lowest BCUT2D eigenvalue weighted by atomic mass is 10.0. The van der Waals surface area contributed by atoms with Crippen molar-refractivity contribution in [2.45, 2.75) is 24.9 Å². The number of nitrogens with zero attached hydrogens (tertiary/aromatic N) is 3. The van der Waals surface area contributed by atoms with Gasteiger partial charge >= 0.3 is 0 Å². The highest BCUT2D eigenvalue weighted by Crippen LogP contribution is 2.31. The predicted molar refractivity (Wildman–Crippen MR) is 68.8 cm³/mol. The molecule has 0 unspecified atom stereocenters. The Morgan fingerprint density at radius 1 is 1.42 bits per heavy atom. The standard InChI is InChI=1S/C13H15N5O/c19-13(17-10-4-9-3-8(10)6-15-9)11-5-12-14-1-2-18(12)7-16-11/h1-2,5,7-10,15H,3-4,6H2,(H,17,19)/t8-,9-,10+/m1/s1. The molecular weight excluding hydrogens is 242 g/mol. The molecule has 1 aliphatic carbocycles. The van der Waals surface area contributed by atoms with E-state index in [0.717, 1.165) is 18.6 Å². The van der Waals surface area contributed by atoms with Gasteiger partial charge in [0.15, 0.2) is 0 Å². The topological polar surface area (TPSA) is 71.3 Å². The van der Waals surface area contributed by atoms with Crippen molar-refractivity contribution in [1.82, 2.24) is 25.0 Å². The fourth-order valence-electron chi connectivity index (χ4n) is 3.20. The number of nitrogens with one attached hydrogen (secondary N) is 2. The number of hydrogen-bond acceptors (Lipinski definition) is 4. The van der Waals surface area contributed by atoms with Gasteiger partial charge in [0, 0.05) is 37.1 Å². The Hall–Kier alpha value is -1.95. The Labute approximate surface area is 110 Å². The Kier molecular flexibility index (Phi) is 2.32. The summed E-state index contributed by atoms with van der Waals surface area (Å²) >= 11 is 0. The number of rotatable bonds is 2. The maximum atomic E-state index is 12.2. The molecular formula is C13H15N5O. The lowest BCUT2D eigenvalue weighted by Gasteiger charge is -2.23. The number of piperidine rings is 1. The van der Waals surface area contributed by atoms with Crippen molar-refractivity contribution in [2.24, 2.45) is 5.92 Å². The van der Waals surface area contributed by atoms with Crippen LogP contribution in [-0.4, -0.2) is 38.9 Å². The molecule has 2 aromatic rings. The summed E-state index contributed by atoms with van der Waals surface area (Å²) < 4.78 is 1.79. The Bertz CT molecular complexity index is 637. The number of carbonyl (C=O) groups excluding carboxylic acids is 1. The second-order valence-electron chi connectivity index (χ2n) is 5.38. The highest BCUT2D eigenvalue weighted by atomic mass is 16.1. The first-order chi connectivity index (χ1) is 9.29. The molecule has 3 atom stereocenters. The van der Waals surface area contributed by atoms with Gasteiger partial charge in [-0.05, 0) is 18.8 Å². The molecule has 0 spiro atoms. The maximum Gasteiger partial charge on any atom is 0.270 e. The van der Waals surface area contributed by atoms with E-state index in [9.17, 15) is 4.79 Å². The van der Waals surface area contributed by atoms with Gasteiger partial charge in [-0.2, -0.15) is 0 Å². The minimum absolute atomic E-state index is 0.0944. The summed E-state index contributed by atoms with van der Waals surface area (Å²) in [7, 11) is 0. The zero-order valence-corrected chi connectivity index (χ0v) is 10.4. The van der Waals surface area contributed by atoms with Crippen molar-refractivity contribution in [3.05, 3.63) is 30.5 Å². The number of hydrogen-bond donors (Lipinski definition) is 2. The van der Waals surface area contributed by atoms with Crippen molar-refractivity contribution in [2.75, 3.05) is 6.54 Å². The Balaban J connectivity index is 1.53. The van der Waals surface area contributed by atoms with Crippen LogP contribution in [0.3, 0.4) is 0 Å². The summed E-state index contributed by atoms with van der Waals surface area (Å²) in [5.74, 6) is 0.479. The van der Waals surface area contributed by atoms with Crippen LogP contribution in [-0.2, 0) is 0 Å². The molecule has 2 N–H and O–H groups in total. The van der Waals surface area contributed by atoms with E-state index in [1.54, 1.807) is 23.0 Å². The Morgan fingerprint density at radius 3 is 3.16 bits per heavy atom. The van der Waals surface area contributed by atoms with Crippen molar-refractivity contribution in [1.29, 1.82) is 0 Å². The summed E-state index contributed by atoms with van der Waals surface area (Å²) in [4.78, 5) is 20.6. The van der Waals surface area contributed by atoms with E-state index in [-0.39, 0.29) is 11.9 Å². The van der Waals surface area contributed by atoms with Crippen LogP contribution in [0, 0.1) is 5.92 Å². The van der Waals surface area contributed by atoms with Crippen LogP contribution in [0.25, 0.3) is 5.65 Å². The fraction of sp³-hybridized carbons (Fsp3) is 0.462. The summed E-state index contributed by atoms with van der Waals surface area (Å²) in [6, 6.07) is 2.59. The van der Waals surface area contributed by atoms with E-state index in [0.29, 0.717) is 17.7 Å². The molecule has 1 saturated carbocycles. The van der Waals surface area contributed by atoms with Crippen LogP contribution in [0.4, 0.5) is 0 Å². The van der Waals surface area contributed by atoms with Gasteiger partial charge in [-0.25, -0.2) is 9.97 Å². The largest absolute Gasteiger partial charge is 0.348 e. The van der Waals surface area contributed by atoms with Crippen LogP contribution < -0.4 is 10.6 Å². The third-order valence-electron chi connectivity index (χ3n) is 4.20. The highest BCUT2D eigenvalue weighted by molar-refractivity contribution is 5.93. The number of aromatic nitrogens is 3. The third-order valence-corrected chi connectivity index (χ3v) is 4.20. The van der Waals surface area contributed by atoms with Crippen molar-refractivity contribution < 1.29 is 4.79 Å². The number of carbonyl (C=O) groups is 1. The molecule has 1 aliphatic heterocycles. The van der Waals surface area contributed by atoms with Gasteiger partial charge in [0.2, 0.25) is 0 Å². The predicted octanol–water partition coefficient (Wildman–Crippen LogP) is 0.209. The van der Waals surface area contributed by atoms with Gasteiger partial charge in [0.1, 0.15) is 17.7 Å². The molecule has 1 amide bonds. The quantitative estimate of drug-likeness (QED) is 0.807. The Morgan fingerprint density at radius 2 is 2.37 bits per heavy atom. The normalized spacial score (nSPS) is 28.9. The van der Waals surface area contributed by atoms with Crippen LogP contribution in [0.1, 0.15) is 23.3 Å². The van der Waals surface area contributed by atoms with E-state index in [2.05, 4.69) is 20.6 Å². The second-order valence-corrected chi connectivity index (χ2v) is 5.38. The molecule has 6 nitrogen and oxygen atoms in total. The molecule has 4 rings (SSSR count). The molecule has 6 heteroatoms. The first-order valence-corrected chi connectivity index (χ1v) is 6.62. The van der Waals surface area contributed by atoms with Crippen LogP contribution in [0.5, 0.6) is 0 Å². The monoisotopic (exact) mass is 257 g/mol. The first-order valence-electron chi connectivity index (χ1n) is 6.62. The zero-order chi connectivity index (χ0) is 12.8. The van der Waals surface area contributed by atoms with Crippen LogP contribution in [0.15, 0.2) is 24.8 Å². The van der Waals surface area contributed by atoms with Gasteiger partial charge in [-0.3, -0.25) is 9.20 Å². The minimum Gasteiger partial charge on any atom is -0.348 e. The van der Waals surface area contributed by atoms with E-state index >= 15 is 0 Å². The van der Waals surface area contributed by atoms with Crippen LogP contribution >= 0.6 is 0 Å². The summed E-state index contributed by atoms with van der Waals surface area (Å²) in [5.41, 5.74) is 1.18. The summed E-state index contributed by atoms with van der Waals surface area (Å²) in [6.45, 7) is 1.02. The number of amides is 1. The van der Waals surface area contributed by atoms with Crippen LogP contribution in [0.2, 0.25) is 0 Å². The molecule has 2 aliphatic rings. The number of imidazole rings is 1. The maximum absolute atomic E-state index is 12.2. The van der Waals surface area contributed by atoms with E-state index in [1.165, 1.54) is 6.42 Å². The van der Waals surface area contributed by atoms with E-state index < -0.39 is 0 Å². The molecule has 2 fully saturated rings. The fourth-order valence-corrected chi connectivity index (χ4v) is 3.20. The van der Waals surface area contributed by atoms with Gasteiger partial charge < -0.3 is 10.6 Å².